The summed E-state index contributed by atoms with van der Waals surface area (Å²) in [5.41, 5.74) is 9.80. The van der Waals surface area contributed by atoms with Gasteiger partial charge in [0.2, 0.25) is 7.14 Å². The smallest absolute Gasteiger partial charge is 0.232 e. The molecule has 0 fully saturated rings. The number of hydrogen-bond donors (Lipinski definition) is 0. The molecule has 0 N–H and O–H groups in total. The minimum atomic E-state index is -3.45. The molecule has 0 aliphatic carbocycles. The van der Waals surface area contributed by atoms with Crippen LogP contribution >= 0.6 is 29.8 Å². The maximum Gasteiger partial charge on any atom is 0.232 e. The first-order valence-electron chi connectivity index (χ1n) is 22.2. The van der Waals surface area contributed by atoms with E-state index in [1.807, 2.05) is 48.5 Å². The predicted octanol–water partition coefficient (Wildman–Crippen LogP) is 14.3. The Hall–Kier alpha value is -7.54. The summed E-state index contributed by atoms with van der Waals surface area (Å²) in [7, 11) is -0.0400. The molecule has 0 atom stereocenters. The Labute approximate surface area is 395 Å². The summed E-state index contributed by atoms with van der Waals surface area (Å²) in [5.74, 6) is 2.36. The molecule has 0 bridgehead atoms. The van der Waals surface area contributed by atoms with Gasteiger partial charge in [-0.15, -0.1) is 22.7 Å². The second kappa shape index (κ2) is 15.5. The highest BCUT2D eigenvalue weighted by Crippen LogP contribution is 2.59. The highest BCUT2D eigenvalue weighted by molar-refractivity contribution is 7.86. The summed E-state index contributed by atoms with van der Waals surface area (Å²) >= 11 is 3.37. The van der Waals surface area contributed by atoms with Crippen molar-refractivity contribution < 1.29 is 14.0 Å². The van der Waals surface area contributed by atoms with Crippen molar-refractivity contribution in [1.82, 2.24) is 9.13 Å². The van der Waals surface area contributed by atoms with Crippen molar-refractivity contribution in [3.63, 3.8) is 0 Å². The first kappa shape index (κ1) is 39.8. The Bertz CT molecular complexity index is 3600. The van der Waals surface area contributed by atoms with Crippen LogP contribution in [0.4, 0.5) is 0 Å². The third-order valence-electron chi connectivity index (χ3n) is 13.3. The van der Waals surface area contributed by atoms with Crippen LogP contribution in [0.15, 0.2) is 206 Å². The van der Waals surface area contributed by atoms with E-state index >= 15 is 4.57 Å². The fraction of sp³-hybridized carbons (Fsp3) is 0.0339. The molecule has 0 radical (unpaired) electrons. The molecule has 13 rings (SSSR count). The van der Waals surface area contributed by atoms with Gasteiger partial charge in [0.05, 0.1) is 46.9 Å². The van der Waals surface area contributed by atoms with E-state index in [-0.39, 0.29) is 0 Å². The summed E-state index contributed by atoms with van der Waals surface area (Å²) in [6.07, 6.45) is 0. The number of methoxy groups -OCH3 is 2. The monoisotopic (exact) mass is 919 g/mol. The molecule has 8 aromatic carbocycles. The van der Waals surface area contributed by atoms with Gasteiger partial charge in [0.1, 0.15) is 15.7 Å². The van der Waals surface area contributed by atoms with Crippen LogP contribution in [0.5, 0.6) is 11.5 Å². The molecule has 8 heteroatoms. The van der Waals surface area contributed by atoms with Crippen molar-refractivity contribution >= 4 is 89.3 Å². The van der Waals surface area contributed by atoms with E-state index in [9.17, 15) is 0 Å². The zero-order valence-electron chi connectivity index (χ0n) is 36.5. The molecule has 0 saturated carbocycles. The quantitative estimate of drug-likeness (QED) is 0.113. The molecule has 0 saturated heterocycles. The molecular formula is C59H40N2O3PS2+. The van der Waals surface area contributed by atoms with Gasteiger partial charge in [-0.2, -0.15) is 0 Å². The molecule has 5 nitrogen and oxygen atoms in total. The number of nitrogens with zero attached hydrogens (tertiary/aromatic N) is 2. The summed E-state index contributed by atoms with van der Waals surface area (Å²) in [4.78, 5) is 3.99. The van der Waals surface area contributed by atoms with Crippen LogP contribution in [0.3, 0.4) is 0 Å². The number of thiophene rings is 2. The number of para-hydroxylation sites is 4. The van der Waals surface area contributed by atoms with E-state index < -0.39 is 7.14 Å². The summed E-state index contributed by atoms with van der Waals surface area (Å²) in [5, 5.41) is 7.37. The normalized spacial score (nSPS) is 13.1. The Balaban J connectivity index is 0.980. The van der Waals surface area contributed by atoms with Crippen LogP contribution in [-0.2, 0) is 4.57 Å². The molecule has 4 aromatic heterocycles. The van der Waals surface area contributed by atoms with E-state index in [0.29, 0.717) is 11.5 Å². The fourth-order valence-corrected chi connectivity index (χ4v) is 16.6. The SMILES string of the molecule is COc1cccc(OC)c1[C+]1c2sc(-c3ccc(-n4c5ccccc5c5ccccc54)cc3)cc2P(=O)(c2ccccc2)c2cc(-c3ccc(-n4c5ccccc5c5ccccc54)cc3)sc21. The predicted molar refractivity (Wildman–Crippen MR) is 281 cm³/mol. The van der Waals surface area contributed by atoms with Gasteiger partial charge < -0.3 is 18.6 Å². The lowest BCUT2D eigenvalue weighted by Crippen LogP contribution is -2.33. The lowest BCUT2D eigenvalue weighted by molar-refractivity contribution is 0.389. The highest BCUT2D eigenvalue weighted by atomic mass is 32.1. The minimum absolute atomic E-state index is 0.693. The zero-order chi connectivity index (χ0) is 44.8. The van der Waals surface area contributed by atoms with Crippen molar-refractivity contribution in [2.45, 2.75) is 0 Å². The van der Waals surface area contributed by atoms with Gasteiger partial charge in [0, 0.05) is 72.2 Å². The van der Waals surface area contributed by atoms with Crippen molar-refractivity contribution in [1.29, 1.82) is 0 Å². The van der Waals surface area contributed by atoms with Crippen molar-refractivity contribution in [3.8, 4) is 43.8 Å². The topological polar surface area (TPSA) is 45.4 Å². The summed E-state index contributed by atoms with van der Waals surface area (Å²) in [6.45, 7) is 0. The molecule has 320 valence electrons. The fourth-order valence-electron chi connectivity index (χ4n) is 10.3. The van der Waals surface area contributed by atoms with Gasteiger partial charge in [-0.3, -0.25) is 4.57 Å². The summed E-state index contributed by atoms with van der Waals surface area (Å²) < 4.78 is 33.7. The molecule has 5 heterocycles. The second-order valence-electron chi connectivity index (χ2n) is 16.8. The van der Waals surface area contributed by atoms with Crippen LogP contribution in [0.2, 0.25) is 0 Å². The number of aromatic nitrogens is 2. The standard InChI is InChI=1S/C59H40N2O3PS2/c1-63-50-25-14-26-51(64-2)56(50)57-58-52(35-54(66-58)37-27-31-39(32-28-37)60-46-21-10-6-17-42(46)43-18-7-11-22-47(43)60)65(62,41-15-4-3-5-16-41)53-36-55(67-59(53)57)38-29-33-40(34-30-38)61-48-23-12-8-19-44(48)45-20-9-13-24-49(45)61/h3-36H,1-2H3/q+1. The van der Waals surface area contributed by atoms with Gasteiger partial charge in [-0.1, -0.05) is 115 Å². The van der Waals surface area contributed by atoms with Crippen LogP contribution < -0.4 is 25.4 Å². The third-order valence-corrected chi connectivity index (χ3v) is 19.1. The average Bonchev–Trinajstić information content (AvgIpc) is 4.19. The second-order valence-corrected chi connectivity index (χ2v) is 21.6. The highest BCUT2D eigenvalue weighted by Gasteiger charge is 2.52. The van der Waals surface area contributed by atoms with Crippen LogP contribution in [0.1, 0.15) is 15.3 Å². The van der Waals surface area contributed by atoms with E-state index in [1.165, 1.54) is 43.6 Å². The minimum Gasteiger partial charge on any atom is -0.461 e. The molecule has 1 aliphatic heterocycles. The van der Waals surface area contributed by atoms with E-state index in [4.69, 9.17) is 9.47 Å². The lowest BCUT2D eigenvalue weighted by atomic mass is 9.93. The van der Waals surface area contributed by atoms with Crippen molar-refractivity contribution in [3.05, 3.63) is 227 Å². The van der Waals surface area contributed by atoms with Crippen molar-refractivity contribution in [2.24, 2.45) is 0 Å². The molecular weight excluding hydrogens is 880 g/mol. The average molecular weight is 920 g/mol. The van der Waals surface area contributed by atoms with Gasteiger partial charge in [-0.25, -0.2) is 0 Å². The van der Waals surface area contributed by atoms with Gasteiger partial charge >= 0.3 is 0 Å². The van der Waals surface area contributed by atoms with Gasteiger partial charge in [0.25, 0.3) is 0 Å². The first-order chi connectivity index (χ1) is 33.0. The maximum atomic E-state index is 16.7. The molecule has 67 heavy (non-hydrogen) atoms. The molecule has 12 aromatic rings. The Morgan fingerprint density at radius 1 is 0.433 bits per heavy atom. The number of hydrogen-bond acceptors (Lipinski definition) is 5. The maximum absolute atomic E-state index is 16.7. The molecule has 0 amide bonds. The Morgan fingerprint density at radius 2 is 0.806 bits per heavy atom. The van der Waals surface area contributed by atoms with Crippen LogP contribution in [0.25, 0.3) is 75.9 Å². The number of fused-ring (bicyclic) bond motifs is 8. The van der Waals surface area contributed by atoms with Crippen molar-refractivity contribution in [2.75, 3.05) is 14.2 Å². The number of benzene rings is 8. The van der Waals surface area contributed by atoms with Crippen LogP contribution in [0, 0.1) is 5.92 Å². The molecule has 0 unspecified atom stereocenters. The first-order valence-corrected chi connectivity index (χ1v) is 25.6. The van der Waals surface area contributed by atoms with E-state index in [2.05, 4.69) is 167 Å². The molecule has 1 aliphatic rings. The summed E-state index contributed by atoms with van der Waals surface area (Å²) in [6, 6.07) is 72.3. The van der Waals surface area contributed by atoms with E-state index in [0.717, 1.165) is 69.4 Å². The van der Waals surface area contributed by atoms with Crippen LogP contribution in [-0.4, -0.2) is 23.4 Å². The molecule has 0 spiro atoms. The van der Waals surface area contributed by atoms with Gasteiger partial charge in [-0.05, 0) is 77.9 Å². The number of ether oxygens (including phenoxy) is 2. The number of rotatable bonds is 8. The van der Waals surface area contributed by atoms with E-state index in [1.54, 1.807) is 36.9 Å². The van der Waals surface area contributed by atoms with Gasteiger partial charge in [0.15, 0.2) is 17.1 Å². The Kier molecular flexibility index (Phi) is 9.23. The lowest BCUT2D eigenvalue weighted by Gasteiger charge is -2.25. The zero-order valence-corrected chi connectivity index (χ0v) is 39.0. The Morgan fingerprint density at radius 3 is 1.19 bits per heavy atom. The largest absolute Gasteiger partial charge is 0.461 e. The third kappa shape index (κ3) is 5.98.